The average molecular weight is 319 g/mol. The number of carbonyl (C=O) groups excluding carboxylic acids is 2. The van der Waals surface area contributed by atoms with Crippen molar-refractivity contribution in [1.29, 1.82) is 0 Å². The van der Waals surface area contributed by atoms with E-state index in [0.717, 1.165) is 5.56 Å². The highest BCUT2D eigenvalue weighted by atomic mass is 35.5. The molecule has 2 amide bonds. The van der Waals surface area contributed by atoms with Gasteiger partial charge in [0.15, 0.2) is 6.29 Å². The highest BCUT2D eigenvalue weighted by Crippen LogP contribution is 2.20. The number of aryl methyl sites for hydroxylation is 1. The molecule has 0 radical (unpaired) electrons. The molecule has 0 saturated heterocycles. The van der Waals surface area contributed by atoms with Crippen LogP contribution in [0.2, 0.25) is 5.02 Å². The topological polar surface area (TPSA) is 67.4 Å². The number of anilines is 2. The van der Waals surface area contributed by atoms with Crippen molar-refractivity contribution in [2.45, 2.75) is 6.92 Å². The van der Waals surface area contributed by atoms with Crippen molar-refractivity contribution in [2.24, 2.45) is 0 Å². The molecule has 0 aliphatic heterocycles. The smallest absolute Gasteiger partial charge is 0.323 e. The number of hydrogen-bond acceptors (Lipinski definition) is 3. The molecule has 2 N–H and O–H groups in total. The van der Waals surface area contributed by atoms with E-state index in [0.29, 0.717) is 28.4 Å². The Balaban J connectivity index is 1.95. The Kier molecular flexibility index (Phi) is 5.38. The highest BCUT2D eigenvalue weighted by Gasteiger charge is 2.05. The number of carbonyl (C=O) groups is 2. The zero-order chi connectivity index (χ0) is 15.9. The van der Waals surface area contributed by atoms with E-state index in [9.17, 15) is 9.59 Å². The Hall–Kier alpha value is -2.53. The molecule has 2 aromatic rings. The van der Waals surface area contributed by atoms with Crippen LogP contribution in [0.1, 0.15) is 5.56 Å². The predicted octanol–water partition coefficient (Wildman–Crippen LogP) is 3.87. The minimum absolute atomic E-state index is 0.00308. The van der Waals surface area contributed by atoms with Gasteiger partial charge < -0.3 is 15.4 Å². The standard InChI is InChI=1S/C16H15ClN2O3/c1-11-10-12(17)2-7-15(11)19-16(21)18-13-3-5-14(6-4-13)22-9-8-20/h2-8,10H,9H2,1H3,(H2,18,19,21). The van der Waals surface area contributed by atoms with E-state index in [1.807, 2.05) is 6.92 Å². The van der Waals surface area contributed by atoms with Crippen molar-refractivity contribution in [3.8, 4) is 5.75 Å². The van der Waals surface area contributed by atoms with Crippen LogP contribution in [0.3, 0.4) is 0 Å². The first-order chi connectivity index (χ1) is 10.6. The quantitative estimate of drug-likeness (QED) is 0.822. The molecule has 2 rings (SSSR count). The maximum absolute atomic E-state index is 11.9. The molecule has 0 spiro atoms. The fraction of sp³-hybridized carbons (Fsp3) is 0.125. The summed E-state index contributed by atoms with van der Waals surface area (Å²) in [4.78, 5) is 22.2. The molecule has 114 valence electrons. The Labute approximate surface area is 133 Å². The van der Waals surface area contributed by atoms with Crippen molar-refractivity contribution >= 4 is 35.3 Å². The first-order valence-corrected chi connectivity index (χ1v) is 6.97. The monoisotopic (exact) mass is 318 g/mol. The van der Waals surface area contributed by atoms with Crippen molar-refractivity contribution in [3.63, 3.8) is 0 Å². The molecule has 0 unspecified atom stereocenters. The normalized spacial score (nSPS) is 9.91. The number of benzene rings is 2. The molecule has 0 atom stereocenters. The van der Waals surface area contributed by atoms with Gasteiger partial charge in [0.05, 0.1) is 0 Å². The number of aldehydes is 1. The average Bonchev–Trinajstić information content (AvgIpc) is 2.49. The number of ether oxygens (including phenoxy) is 1. The van der Waals surface area contributed by atoms with Crippen molar-refractivity contribution in [1.82, 2.24) is 0 Å². The van der Waals surface area contributed by atoms with Gasteiger partial charge in [0, 0.05) is 16.4 Å². The summed E-state index contributed by atoms with van der Waals surface area (Å²) in [6, 6.07) is 11.6. The molecule has 0 aliphatic carbocycles. The lowest BCUT2D eigenvalue weighted by Gasteiger charge is -2.10. The summed E-state index contributed by atoms with van der Waals surface area (Å²) in [5.74, 6) is 0.562. The fourth-order valence-corrected chi connectivity index (χ4v) is 2.04. The van der Waals surface area contributed by atoms with Gasteiger partial charge in [-0.05, 0) is 55.0 Å². The van der Waals surface area contributed by atoms with Crippen LogP contribution >= 0.6 is 11.6 Å². The van der Waals surface area contributed by atoms with Crippen LogP contribution in [0.15, 0.2) is 42.5 Å². The zero-order valence-electron chi connectivity index (χ0n) is 11.9. The molecular weight excluding hydrogens is 304 g/mol. The maximum Gasteiger partial charge on any atom is 0.323 e. The van der Waals surface area contributed by atoms with Gasteiger partial charge >= 0.3 is 6.03 Å². The van der Waals surface area contributed by atoms with Gasteiger partial charge in [-0.3, -0.25) is 4.79 Å². The summed E-state index contributed by atoms with van der Waals surface area (Å²) in [6.45, 7) is 1.86. The highest BCUT2D eigenvalue weighted by molar-refractivity contribution is 6.30. The lowest BCUT2D eigenvalue weighted by Crippen LogP contribution is -2.19. The van der Waals surface area contributed by atoms with Crippen LogP contribution < -0.4 is 15.4 Å². The second-order valence-electron chi connectivity index (χ2n) is 4.54. The second kappa shape index (κ2) is 7.47. The summed E-state index contributed by atoms with van der Waals surface area (Å²) in [6.07, 6.45) is 0.675. The molecular formula is C16H15ClN2O3. The van der Waals surface area contributed by atoms with E-state index >= 15 is 0 Å². The lowest BCUT2D eigenvalue weighted by atomic mass is 10.2. The lowest BCUT2D eigenvalue weighted by molar-refractivity contribution is -0.109. The molecule has 0 bridgehead atoms. The number of amides is 2. The number of hydrogen-bond donors (Lipinski definition) is 2. The Morgan fingerprint density at radius 2 is 1.91 bits per heavy atom. The predicted molar refractivity (Wildman–Crippen MR) is 86.8 cm³/mol. The largest absolute Gasteiger partial charge is 0.486 e. The van der Waals surface area contributed by atoms with Crippen molar-refractivity contribution in [3.05, 3.63) is 53.1 Å². The van der Waals surface area contributed by atoms with Crippen LogP contribution in [0.5, 0.6) is 5.75 Å². The van der Waals surface area contributed by atoms with E-state index in [-0.39, 0.29) is 12.6 Å². The van der Waals surface area contributed by atoms with Crippen molar-refractivity contribution < 1.29 is 14.3 Å². The minimum Gasteiger partial charge on any atom is -0.486 e. The second-order valence-corrected chi connectivity index (χ2v) is 4.98. The van der Waals surface area contributed by atoms with Gasteiger partial charge in [0.1, 0.15) is 12.4 Å². The van der Waals surface area contributed by atoms with E-state index in [4.69, 9.17) is 16.3 Å². The zero-order valence-corrected chi connectivity index (χ0v) is 12.7. The molecule has 22 heavy (non-hydrogen) atoms. The molecule has 0 aliphatic rings. The van der Waals surface area contributed by atoms with Gasteiger partial charge in [-0.1, -0.05) is 11.6 Å². The minimum atomic E-state index is -0.355. The third-order valence-electron chi connectivity index (χ3n) is 2.87. The molecule has 6 heteroatoms. The van der Waals surface area contributed by atoms with E-state index in [2.05, 4.69) is 10.6 Å². The van der Waals surface area contributed by atoms with Gasteiger partial charge in [-0.15, -0.1) is 0 Å². The molecule has 2 aromatic carbocycles. The van der Waals surface area contributed by atoms with E-state index in [1.165, 1.54) is 0 Å². The van der Waals surface area contributed by atoms with Crippen LogP contribution in [0, 0.1) is 6.92 Å². The molecule has 5 nitrogen and oxygen atoms in total. The van der Waals surface area contributed by atoms with E-state index in [1.54, 1.807) is 42.5 Å². The Morgan fingerprint density at radius 1 is 1.18 bits per heavy atom. The summed E-state index contributed by atoms with van der Waals surface area (Å²) >= 11 is 5.87. The SMILES string of the molecule is Cc1cc(Cl)ccc1NC(=O)Nc1ccc(OCC=O)cc1. The maximum atomic E-state index is 11.9. The fourth-order valence-electron chi connectivity index (χ4n) is 1.82. The first kappa shape index (κ1) is 15.9. The molecule has 0 aromatic heterocycles. The van der Waals surface area contributed by atoms with Crippen molar-refractivity contribution in [2.75, 3.05) is 17.2 Å². The Morgan fingerprint density at radius 3 is 2.55 bits per heavy atom. The summed E-state index contributed by atoms with van der Waals surface area (Å²) in [7, 11) is 0. The van der Waals surface area contributed by atoms with Crippen LogP contribution in [0.25, 0.3) is 0 Å². The Bertz CT molecular complexity index is 672. The van der Waals surface area contributed by atoms with Crippen LogP contribution in [0.4, 0.5) is 16.2 Å². The van der Waals surface area contributed by atoms with E-state index < -0.39 is 0 Å². The number of urea groups is 1. The number of rotatable bonds is 5. The van der Waals surface area contributed by atoms with Gasteiger partial charge in [-0.2, -0.15) is 0 Å². The number of nitrogens with one attached hydrogen (secondary N) is 2. The summed E-state index contributed by atoms with van der Waals surface area (Å²) in [5.41, 5.74) is 2.18. The van der Waals surface area contributed by atoms with Gasteiger partial charge in [0.2, 0.25) is 0 Å². The van der Waals surface area contributed by atoms with Crippen LogP contribution in [-0.4, -0.2) is 18.9 Å². The van der Waals surface area contributed by atoms with Crippen LogP contribution in [-0.2, 0) is 4.79 Å². The summed E-state index contributed by atoms with van der Waals surface area (Å²) < 4.78 is 5.13. The third-order valence-corrected chi connectivity index (χ3v) is 3.10. The third kappa shape index (κ3) is 4.49. The van der Waals surface area contributed by atoms with Gasteiger partial charge in [0.25, 0.3) is 0 Å². The first-order valence-electron chi connectivity index (χ1n) is 6.59. The van der Waals surface area contributed by atoms with Gasteiger partial charge in [-0.25, -0.2) is 4.79 Å². The molecule has 0 saturated carbocycles. The number of halogens is 1. The summed E-state index contributed by atoms with van der Waals surface area (Å²) in [5, 5.41) is 6.08. The molecule has 0 fully saturated rings. The molecule has 0 heterocycles.